The van der Waals surface area contributed by atoms with Gasteiger partial charge in [-0.2, -0.15) is 0 Å². The van der Waals surface area contributed by atoms with Crippen molar-refractivity contribution in [2.24, 2.45) is 5.73 Å². The van der Waals surface area contributed by atoms with Crippen molar-refractivity contribution in [3.63, 3.8) is 0 Å². The number of aryl methyl sites for hydroxylation is 1. The van der Waals surface area contributed by atoms with Gasteiger partial charge in [-0.1, -0.05) is 20.3 Å². The van der Waals surface area contributed by atoms with E-state index in [9.17, 15) is 9.59 Å². The summed E-state index contributed by atoms with van der Waals surface area (Å²) in [5, 5.41) is 5.92. The quantitative estimate of drug-likeness (QED) is 0.692. The van der Waals surface area contributed by atoms with Crippen molar-refractivity contribution in [3.05, 3.63) is 16.5 Å². The predicted molar refractivity (Wildman–Crippen MR) is 74.1 cm³/mol. The zero-order valence-corrected chi connectivity index (χ0v) is 11.5. The maximum atomic E-state index is 11.6. The largest absolute Gasteiger partial charge is 0.366 e. The zero-order valence-electron chi connectivity index (χ0n) is 10.7. The zero-order chi connectivity index (χ0) is 13.5. The van der Waals surface area contributed by atoms with Crippen molar-refractivity contribution in [3.8, 4) is 0 Å². The van der Waals surface area contributed by atoms with E-state index in [1.807, 2.05) is 6.92 Å². The first-order valence-corrected chi connectivity index (χ1v) is 6.87. The molecule has 1 aromatic heterocycles. The van der Waals surface area contributed by atoms with Crippen LogP contribution in [0.25, 0.3) is 0 Å². The summed E-state index contributed by atoms with van der Waals surface area (Å²) in [7, 11) is 0. The third-order valence-electron chi connectivity index (χ3n) is 2.44. The van der Waals surface area contributed by atoms with Gasteiger partial charge in [-0.15, -0.1) is 11.3 Å². The standard InChI is InChI=1S/C12H19N3O2S/c1-3-5-6-14-12(17)15-11-9(10(13)16)7-8(4-2)18-11/h7H,3-6H2,1-2H3,(H2,13,16)(H2,14,15,17). The fourth-order valence-corrected chi connectivity index (χ4v) is 2.41. The lowest BCUT2D eigenvalue weighted by Gasteiger charge is -2.06. The van der Waals surface area contributed by atoms with E-state index in [-0.39, 0.29) is 6.03 Å². The Morgan fingerprint density at radius 2 is 2.11 bits per heavy atom. The number of primary amides is 1. The van der Waals surface area contributed by atoms with Gasteiger partial charge in [-0.05, 0) is 18.9 Å². The van der Waals surface area contributed by atoms with E-state index in [0.29, 0.717) is 17.1 Å². The van der Waals surface area contributed by atoms with E-state index in [0.717, 1.165) is 24.1 Å². The smallest absolute Gasteiger partial charge is 0.319 e. The van der Waals surface area contributed by atoms with Crippen molar-refractivity contribution in [2.45, 2.75) is 33.1 Å². The molecule has 1 rings (SSSR count). The molecule has 0 fully saturated rings. The Bertz CT molecular complexity index is 429. The number of carbonyl (C=O) groups is 2. The molecule has 0 saturated carbocycles. The molecule has 0 radical (unpaired) electrons. The molecule has 5 nitrogen and oxygen atoms in total. The molecule has 100 valence electrons. The fraction of sp³-hybridized carbons (Fsp3) is 0.500. The molecule has 0 aliphatic heterocycles. The van der Waals surface area contributed by atoms with Gasteiger partial charge in [-0.25, -0.2) is 4.79 Å². The highest BCUT2D eigenvalue weighted by molar-refractivity contribution is 7.16. The van der Waals surface area contributed by atoms with Gasteiger partial charge in [0.25, 0.3) is 5.91 Å². The number of nitrogens with one attached hydrogen (secondary N) is 2. The van der Waals surface area contributed by atoms with Crippen LogP contribution in [-0.4, -0.2) is 18.5 Å². The number of hydrogen-bond acceptors (Lipinski definition) is 3. The first-order valence-electron chi connectivity index (χ1n) is 6.05. The Kier molecular flexibility index (Phi) is 5.64. The summed E-state index contributed by atoms with van der Waals surface area (Å²) in [4.78, 5) is 23.9. The van der Waals surface area contributed by atoms with Crippen LogP contribution in [0, 0.1) is 0 Å². The van der Waals surface area contributed by atoms with Crippen LogP contribution in [0.3, 0.4) is 0 Å². The number of hydrogen-bond donors (Lipinski definition) is 3. The van der Waals surface area contributed by atoms with Gasteiger partial charge in [0.15, 0.2) is 0 Å². The van der Waals surface area contributed by atoms with Crippen LogP contribution in [-0.2, 0) is 6.42 Å². The molecule has 1 aromatic rings. The number of carbonyl (C=O) groups excluding carboxylic acids is 2. The maximum absolute atomic E-state index is 11.6. The lowest BCUT2D eigenvalue weighted by atomic mass is 10.2. The number of amides is 3. The van der Waals surface area contributed by atoms with Gasteiger partial charge in [-0.3, -0.25) is 10.1 Å². The lowest BCUT2D eigenvalue weighted by Crippen LogP contribution is -2.29. The van der Waals surface area contributed by atoms with Gasteiger partial charge in [0, 0.05) is 11.4 Å². The summed E-state index contributed by atoms with van der Waals surface area (Å²) >= 11 is 1.38. The van der Waals surface area contributed by atoms with Crippen molar-refractivity contribution >= 4 is 28.3 Å². The Morgan fingerprint density at radius 3 is 2.67 bits per heavy atom. The van der Waals surface area contributed by atoms with Crippen molar-refractivity contribution in [1.82, 2.24) is 5.32 Å². The Labute approximate surface area is 111 Å². The number of unbranched alkanes of at least 4 members (excludes halogenated alkanes) is 1. The average molecular weight is 269 g/mol. The second-order valence-electron chi connectivity index (χ2n) is 3.91. The molecule has 0 spiro atoms. The van der Waals surface area contributed by atoms with Crippen LogP contribution >= 0.6 is 11.3 Å². The minimum atomic E-state index is -0.519. The van der Waals surface area contributed by atoms with Crippen molar-refractivity contribution in [2.75, 3.05) is 11.9 Å². The van der Waals surface area contributed by atoms with Crippen LogP contribution in [0.1, 0.15) is 41.9 Å². The molecule has 0 aromatic carbocycles. The van der Waals surface area contributed by atoms with Gasteiger partial charge >= 0.3 is 6.03 Å². The molecule has 0 unspecified atom stereocenters. The second kappa shape index (κ2) is 7.00. The number of anilines is 1. The first-order chi connectivity index (χ1) is 8.58. The maximum Gasteiger partial charge on any atom is 0.319 e. The molecule has 6 heteroatoms. The van der Waals surface area contributed by atoms with Crippen LogP contribution < -0.4 is 16.4 Å². The third-order valence-corrected chi connectivity index (χ3v) is 3.63. The number of urea groups is 1. The highest BCUT2D eigenvalue weighted by Crippen LogP contribution is 2.28. The first kappa shape index (κ1) is 14.5. The lowest BCUT2D eigenvalue weighted by molar-refractivity contribution is 0.100. The second-order valence-corrected chi connectivity index (χ2v) is 5.04. The Balaban J connectivity index is 2.67. The number of nitrogens with two attached hydrogens (primary N) is 1. The van der Waals surface area contributed by atoms with Crippen LogP contribution in [0.4, 0.5) is 9.80 Å². The molecule has 4 N–H and O–H groups in total. The molecular formula is C12H19N3O2S. The van der Waals surface area contributed by atoms with E-state index in [1.54, 1.807) is 6.07 Å². The molecule has 0 aliphatic carbocycles. The molecule has 3 amide bonds. The van der Waals surface area contributed by atoms with Gasteiger partial charge in [0.2, 0.25) is 0 Å². The van der Waals surface area contributed by atoms with Crippen molar-refractivity contribution < 1.29 is 9.59 Å². The topological polar surface area (TPSA) is 84.2 Å². The van der Waals surface area contributed by atoms with E-state index < -0.39 is 5.91 Å². The summed E-state index contributed by atoms with van der Waals surface area (Å²) in [5.74, 6) is -0.519. The monoisotopic (exact) mass is 269 g/mol. The minimum absolute atomic E-state index is 0.296. The van der Waals surface area contributed by atoms with Crippen molar-refractivity contribution in [1.29, 1.82) is 0 Å². The molecule has 1 heterocycles. The normalized spacial score (nSPS) is 10.1. The summed E-state index contributed by atoms with van der Waals surface area (Å²) in [6.07, 6.45) is 2.76. The Morgan fingerprint density at radius 1 is 1.39 bits per heavy atom. The van der Waals surface area contributed by atoms with E-state index in [4.69, 9.17) is 5.73 Å². The summed E-state index contributed by atoms with van der Waals surface area (Å²) in [6.45, 7) is 4.67. The highest BCUT2D eigenvalue weighted by atomic mass is 32.1. The summed E-state index contributed by atoms with van der Waals surface area (Å²) in [5.41, 5.74) is 5.65. The van der Waals surface area contributed by atoms with Gasteiger partial charge in [0.1, 0.15) is 5.00 Å². The van der Waals surface area contributed by atoms with E-state index in [2.05, 4.69) is 17.6 Å². The molecule has 18 heavy (non-hydrogen) atoms. The molecule has 0 bridgehead atoms. The van der Waals surface area contributed by atoms with E-state index >= 15 is 0 Å². The van der Waals surface area contributed by atoms with E-state index in [1.165, 1.54) is 11.3 Å². The minimum Gasteiger partial charge on any atom is -0.366 e. The summed E-state index contributed by atoms with van der Waals surface area (Å²) in [6, 6.07) is 1.43. The van der Waals surface area contributed by atoms with Crippen LogP contribution in [0.15, 0.2) is 6.07 Å². The third kappa shape index (κ3) is 4.03. The highest BCUT2D eigenvalue weighted by Gasteiger charge is 2.14. The van der Waals surface area contributed by atoms with Crippen LogP contribution in [0.2, 0.25) is 0 Å². The fourth-order valence-electron chi connectivity index (χ4n) is 1.42. The number of rotatable bonds is 6. The summed E-state index contributed by atoms with van der Waals surface area (Å²) < 4.78 is 0. The molecule has 0 atom stereocenters. The number of thiophene rings is 1. The van der Waals surface area contributed by atoms with Crippen LogP contribution in [0.5, 0.6) is 0 Å². The van der Waals surface area contributed by atoms with Gasteiger partial charge < -0.3 is 11.1 Å². The molecule has 0 aliphatic rings. The predicted octanol–water partition coefficient (Wildman–Crippen LogP) is 2.33. The Hall–Kier alpha value is -1.56. The molecule has 0 saturated heterocycles. The molecular weight excluding hydrogens is 250 g/mol. The average Bonchev–Trinajstić information content (AvgIpc) is 2.72. The SMILES string of the molecule is CCCCNC(=O)Nc1sc(CC)cc1C(N)=O. The van der Waals surface area contributed by atoms with Gasteiger partial charge in [0.05, 0.1) is 5.56 Å².